The van der Waals surface area contributed by atoms with Gasteiger partial charge in [-0.3, -0.25) is 9.59 Å². The van der Waals surface area contributed by atoms with Gasteiger partial charge in [-0.1, -0.05) is 25.6 Å². The number of rotatable bonds is 6. The largest absolute Gasteiger partial charge is 0.508 e. The van der Waals surface area contributed by atoms with Crippen molar-refractivity contribution in [3.63, 3.8) is 0 Å². The third-order valence-electron chi connectivity index (χ3n) is 8.80. The number of ether oxygens (including phenoxy) is 2. The SMILES string of the molecule is C.CC(=O)Nc1cccc(O)c1.CC(=O)Nc1cccc(OC2CCN(C)CC2)c1.CN1CCC(O)CC1.CN1CCC(Oc2cccc(N)c2)CC1. The Morgan fingerprint density at radius 3 is 1.45 bits per heavy atom. The molecular weight excluding hydrogens is 672 g/mol. The van der Waals surface area contributed by atoms with E-state index in [0.29, 0.717) is 11.8 Å². The van der Waals surface area contributed by atoms with E-state index in [0.717, 1.165) is 101 Å². The number of nitrogens with one attached hydrogen (secondary N) is 2. The number of phenols is 1. The molecule has 3 aromatic rings. The van der Waals surface area contributed by atoms with Crippen molar-refractivity contribution in [2.75, 3.05) is 76.8 Å². The first-order valence-electron chi connectivity index (χ1n) is 18.2. The number of aliphatic hydroxyl groups excluding tert-OH is 1. The minimum atomic E-state index is -0.143. The van der Waals surface area contributed by atoms with Gasteiger partial charge in [0, 0.05) is 88.4 Å². The molecule has 3 heterocycles. The molecule has 3 aliphatic heterocycles. The number of likely N-dealkylation sites (tertiary alicyclic amines) is 3. The summed E-state index contributed by atoms with van der Waals surface area (Å²) in [6.07, 6.45) is 6.84. The molecule has 3 aliphatic rings. The molecule has 12 heteroatoms. The maximum absolute atomic E-state index is 11.0. The molecule has 294 valence electrons. The minimum Gasteiger partial charge on any atom is -0.508 e. The average molecular weight is 737 g/mol. The van der Waals surface area contributed by atoms with Crippen LogP contribution in [0.4, 0.5) is 17.1 Å². The average Bonchev–Trinajstić information content (AvgIpc) is 3.09. The number of nitrogens with two attached hydrogens (primary N) is 1. The number of carbonyl (C=O) groups is 2. The predicted octanol–water partition coefficient (Wildman–Crippen LogP) is 5.92. The topological polar surface area (TPSA) is 153 Å². The summed E-state index contributed by atoms with van der Waals surface area (Å²) in [5.41, 5.74) is 7.86. The fourth-order valence-corrected chi connectivity index (χ4v) is 5.81. The molecule has 0 radical (unpaired) electrons. The second-order valence-electron chi connectivity index (χ2n) is 13.8. The normalized spacial score (nSPS) is 17.2. The van der Waals surface area contributed by atoms with Crippen LogP contribution in [-0.4, -0.2) is 115 Å². The van der Waals surface area contributed by atoms with Gasteiger partial charge in [0.05, 0.1) is 6.10 Å². The number of nitrogens with zero attached hydrogens (tertiary/aromatic N) is 3. The highest BCUT2D eigenvalue weighted by molar-refractivity contribution is 5.89. The number of hydrogen-bond donors (Lipinski definition) is 5. The zero-order valence-electron chi connectivity index (χ0n) is 31.6. The maximum Gasteiger partial charge on any atom is 0.221 e. The fourth-order valence-electron chi connectivity index (χ4n) is 5.81. The summed E-state index contributed by atoms with van der Waals surface area (Å²) in [5, 5.41) is 23.3. The summed E-state index contributed by atoms with van der Waals surface area (Å²) in [5.74, 6) is 1.67. The van der Waals surface area contributed by atoms with Crippen LogP contribution < -0.4 is 25.8 Å². The van der Waals surface area contributed by atoms with Crippen molar-refractivity contribution in [3.8, 4) is 17.2 Å². The highest BCUT2D eigenvalue weighted by Gasteiger charge is 2.19. The number of aromatic hydroxyl groups is 1. The van der Waals surface area contributed by atoms with Crippen LogP contribution in [0.2, 0.25) is 0 Å². The van der Waals surface area contributed by atoms with Crippen molar-refractivity contribution >= 4 is 28.9 Å². The summed E-state index contributed by atoms with van der Waals surface area (Å²) in [7, 11) is 6.37. The highest BCUT2D eigenvalue weighted by Crippen LogP contribution is 2.23. The van der Waals surface area contributed by atoms with Crippen LogP contribution in [0.15, 0.2) is 72.8 Å². The van der Waals surface area contributed by atoms with Gasteiger partial charge in [0.1, 0.15) is 29.5 Å². The molecule has 53 heavy (non-hydrogen) atoms. The zero-order valence-corrected chi connectivity index (χ0v) is 31.6. The molecule has 2 amide bonds. The van der Waals surface area contributed by atoms with Crippen LogP contribution in [0.1, 0.15) is 59.8 Å². The first-order valence-corrected chi connectivity index (χ1v) is 18.2. The molecule has 0 aromatic heterocycles. The van der Waals surface area contributed by atoms with Crippen molar-refractivity contribution in [3.05, 3.63) is 72.8 Å². The molecule has 0 atom stereocenters. The summed E-state index contributed by atoms with van der Waals surface area (Å²) >= 11 is 0. The predicted molar refractivity (Wildman–Crippen MR) is 216 cm³/mol. The lowest BCUT2D eigenvalue weighted by Crippen LogP contribution is -2.35. The van der Waals surface area contributed by atoms with E-state index in [1.54, 1.807) is 18.2 Å². The lowest BCUT2D eigenvalue weighted by molar-refractivity contribution is -0.115. The Kier molecular flexibility index (Phi) is 20.3. The van der Waals surface area contributed by atoms with Gasteiger partial charge in [0.15, 0.2) is 0 Å². The van der Waals surface area contributed by atoms with E-state index in [1.165, 1.54) is 19.9 Å². The molecule has 12 nitrogen and oxygen atoms in total. The highest BCUT2D eigenvalue weighted by atomic mass is 16.5. The molecule has 0 unspecified atom stereocenters. The van der Waals surface area contributed by atoms with Gasteiger partial charge in [-0.25, -0.2) is 0 Å². The fraction of sp³-hybridized carbons (Fsp3) is 0.512. The number of piperidine rings is 3. The van der Waals surface area contributed by atoms with Crippen LogP contribution in [0.25, 0.3) is 0 Å². The third kappa shape index (κ3) is 19.3. The van der Waals surface area contributed by atoms with E-state index >= 15 is 0 Å². The standard InChI is InChI=1S/C14H20N2O2.C12H18N2O.C8H9NO2.C6H13NO.CH4/c1-11(17)15-12-4-3-5-14(10-12)18-13-6-8-16(2)9-7-13;1-14-7-5-11(6-8-14)15-12-4-2-3-10(13)9-12;1-6(10)9-7-3-2-4-8(11)5-7;1-7-4-2-6(8)3-5-7;/h3-5,10,13H,6-9H2,1-2H3,(H,15,17);2-4,9,11H,5-8,13H2,1H3;2-5,11H,1H3,(H,9,10);6,8H,2-5H2,1H3;1H4. The van der Waals surface area contributed by atoms with Gasteiger partial charge in [-0.05, 0) is 96.1 Å². The number of aliphatic hydroxyl groups is 1. The first-order chi connectivity index (χ1) is 24.8. The molecule has 0 saturated carbocycles. The van der Waals surface area contributed by atoms with Crippen molar-refractivity contribution < 1.29 is 29.3 Å². The number of benzene rings is 3. The van der Waals surface area contributed by atoms with Crippen molar-refractivity contribution in [1.29, 1.82) is 0 Å². The van der Waals surface area contributed by atoms with Gasteiger partial charge < -0.3 is 50.8 Å². The number of anilines is 3. The summed E-state index contributed by atoms with van der Waals surface area (Å²) in [4.78, 5) is 28.4. The van der Waals surface area contributed by atoms with Crippen LogP contribution in [0.5, 0.6) is 17.2 Å². The second kappa shape index (κ2) is 24.1. The summed E-state index contributed by atoms with van der Waals surface area (Å²) in [6, 6.07) is 21.6. The van der Waals surface area contributed by atoms with Gasteiger partial charge in [0.2, 0.25) is 11.8 Å². The van der Waals surface area contributed by atoms with Crippen LogP contribution in [0.3, 0.4) is 0 Å². The van der Waals surface area contributed by atoms with Gasteiger partial charge >= 0.3 is 0 Å². The van der Waals surface area contributed by atoms with E-state index in [-0.39, 0.29) is 37.2 Å². The van der Waals surface area contributed by atoms with Crippen molar-refractivity contribution in [2.45, 2.75) is 78.1 Å². The third-order valence-corrected chi connectivity index (χ3v) is 8.80. The number of amides is 2. The molecule has 3 saturated heterocycles. The minimum absolute atomic E-state index is 0. The monoisotopic (exact) mass is 736 g/mol. The van der Waals surface area contributed by atoms with Crippen LogP contribution in [-0.2, 0) is 9.59 Å². The quantitative estimate of drug-likeness (QED) is 0.193. The Morgan fingerprint density at radius 2 is 1.04 bits per heavy atom. The summed E-state index contributed by atoms with van der Waals surface area (Å²) < 4.78 is 11.8. The lowest BCUT2D eigenvalue weighted by Gasteiger charge is -2.29. The molecular formula is C41H64N6O6. The Morgan fingerprint density at radius 1 is 0.642 bits per heavy atom. The van der Waals surface area contributed by atoms with E-state index in [9.17, 15) is 9.59 Å². The van der Waals surface area contributed by atoms with Crippen LogP contribution in [0, 0.1) is 0 Å². The van der Waals surface area contributed by atoms with Crippen LogP contribution >= 0.6 is 0 Å². The smallest absolute Gasteiger partial charge is 0.221 e. The number of carbonyl (C=O) groups excluding carboxylic acids is 2. The van der Waals surface area contributed by atoms with Gasteiger partial charge in [0.25, 0.3) is 0 Å². The Bertz CT molecular complexity index is 1480. The number of hydrogen-bond acceptors (Lipinski definition) is 10. The zero-order chi connectivity index (χ0) is 37.9. The molecule has 3 aromatic carbocycles. The first kappa shape index (κ1) is 44.8. The van der Waals surface area contributed by atoms with Crippen molar-refractivity contribution in [1.82, 2.24) is 14.7 Å². The van der Waals surface area contributed by atoms with Crippen molar-refractivity contribution in [2.24, 2.45) is 0 Å². The summed E-state index contributed by atoms with van der Waals surface area (Å²) in [6.45, 7) is 9.43. The molecule has 3 fully saturated rings. The van der Waals surface area contributed by atoms with Gasteiger partial charge in [-0.15, -0.1) is 0 Å². The van der Waals surface area contributed by atoms with E-state index in [2.05, 4.69) is 46.5 Å². The molecule has 0 aliphatic carbocycles. The Labute approximate surface area is 317 Å². The molecule has 6 rings (SSSR count). The number of nitrogen functional groups attached to an aromatic ring is 1. The Hall–Kier alpha value is -4.36. The van der Waals surface area contributed by atoms with E-state index in [4.69, 9.17) is 25.4 Å². The Balaban J connectivity index is 0.000000253. The van der Waals surface area contributed by atoms with Gasteiger partial charge in [-0.2, -0.15) is 0 Å². The molecule has 6 N–H and O–H groups in total. The number of phenolic OH excluding ortho intramolecular Hbond substituents is 1. The van der Waals surface area contributed by atoms with E-state index in [1.807, 2.05) is 48.5 Å². The second-order valence-corrected chi connectivity index (χ2v) is 13.8. The van der Waals surface area contributed by atoms with E-state index < -0.39 is 0 Å². The maximum atomic E-state index is 11.0. The molecule has 0 spiro atoms. The lowest BCUT2D eigenvalue weighted by atomic mass is 10.1. The molecule has 0 bridgehead atoms.